The lowest BCUT2D eigenvalue weighted by Gasteiger charge is -2.34. The fraction of sp³-hybridized carbons (Fsp3) is 0.724. The van der Waals surface area contributed by atoms with Gasteiger partial charge in [0.1, 0.15) is 5.75 Å². The van der Waals surface area contributed by atoms with Crippen molar-refractivity contribution in [3.05, 3.63) is 28.8 Å². The van der Waals surface area contributed by atoms with Gasteiger partial charge in [-0.15, -0.1) is 0 Å². The van der Waals surface area contributed by atoms with Crippen molar-refractivity contribution in [3.63, 3.8) is 0 Å². The van der Waals surface area contributed by atoms with Crippen LogP contribution in [0.15, 0.2) is 12.1 Å². The molecule has 2 fully saturated rings. The summed E-state index contributed by atoms with van der Waals surface area (Å²) in [5, 5.41) is 16.0. The normalized spacial score (nSPS) is 20.5. The van der Waals surface area contributed by atoms with Gasteiger partial charge >= 0.3 is 0 Å². The smallest absolute Gasteiger partial charge is 0.227 e. The monoisotopic (exact) mass is 517 g/mol. The van der Waals surface area contributed by atoms with Crippen molar-refractivity contribution in [2.24, 2.45) is 17.8 Å². The molecule has 37 heavy (non-hydrogen) atoms. The molecule has 1 saturated heterocycles. The molecule has 0 aromatic heterocycles. The molecule has 2 aliphatic rings. The first-order chi connectivity index (χ1) is 17.7. The van der Waals surface area contributed by atoms with Crippen LogP contribution in [0.5, 0.6) is 5.75 Å². The number of rotatable bonds is 14. The number of carbonyl (C=O) groups is 2. The van der Waals surface area contributed by atoms with Crippen molar-refractivity contribution < 1.29 is 24.2 Å². The highest BCUT2D eigenvalue weighted by Gasteiger charge is 2.39. The number of ether oxygens (including phenoxy) is 2. The summed E-state index contributed by atoms with van der Waals surface area (Å²) in [5.41, 5.74) is 3.44. The Morgan fingerprint density at radius 2 is 1.89 bits per heavy atom. The average molecular weight is 518 g/mol. The van der Waals surface area contributed by atoms with Gasteiger partial charge in [0.25, 0.3) is 0 Å². The Balaban J connectivity index is 1.66. The van der Waals surface area contributed by atoms with E-state index >= 15 is 0 Å². The maximum Gasteiger partial charge on any atom is 0.227 e. The van der Waals surface area contributed by atoms with Crippen LogP contribution < -0.4 is 15.4 Å². The lowest BCUT2D eigenvalue weighted by molar-refractivity contribution is -0.139. The summed E-state index contributed by atoms with van der Waals surface area (Å²) in [6, 6.07) is 4.14. The number of nitrogens with zero attached hydrogens (tertiary/aromatic N) is 1. The molecule has 1 saturated carbocycles. The van der Waals surface area contributed by atoms with Crippen LogP contribution in [-0.2, 0) is 20.9 Å². The van der Waals surface area contributed by atoms with Crippen molar-refractivity contribution in [1.29, 1.82) is 0 Å². The highest BCUT2D eigenvalue weighted by atomic mass is 16.5. The molecule has 3 atom stereocenters. The van der Waals surface area contributed by atoms with E-state index in [1.807, 2.05) is 4.90 Å². The third-order valence-corrected chi connectivity index (χ3v) is 7.51. The van der Waals surface area contributed by atoms with E-state index in [-0.39, 0.29) is 42.3 Å². The lowest BCUT2D eigenvalue weighted by atomic mass is 9.88. The highest BCUT2D eigenvalue weighted by Crippen LogP contribution is 2.33. The van der Waals surface area contributed by atoms with Crippen molar-refractivity contribution in [1.82, 2.24) is 15.5 Å². The molecule has 1 unspecified atom stereocenters. The number of hydrogen-bond donors (Lipinski definition) is 3. The molecule has 1 heterocycles. The molecule has 0 spiro atoms. The number of benzene rings is 1. The van der Waals surface area contributed by atoms with Gasteiger partial charge in [0, 0.05) is 45.8 Å². The van der Waals surface area contributed by atoms with Crippen molar-refractivity contribution >= 4 is 11.8 Å². The van der Waals surface area contributed by atoms with Gasteiger partial charge < -0.3 is 30.1 Å². The van der Waals surface area contributed by atoms with Crippen molar-refractivity contribution in [2.45, 2.75) is 78.4 Å². The van der Waals surface area contributed by atoms with Gasteiger partial charge in [-0.1, -0.05) is 13.8 Å². The first-order valence-corrected chi connectivity index (χ1v) is 13.9. The molecule has 3 rings (SSSR count). The van der Waals surface area contributed by atoms with E-state index in [0.29, 0.717) is 45.2 Å². The van der Waals surface area contributed by atoms with Crippen LogP contribution in [0.4, 0.5) is 0 Å². The number of methoxy groups -OCH3 is 1. The molecule has 0 bridgehead atoms. The maximum atomic E-state index is 13.8. The lowest BCUT2D eigenvalue weighted by Crippen LogP contribution is -2.51. The van der Waals surface area contributed by atoms with Crippen molar-refractivity contribution in [2.75, 3.05) is 40.0 Å². The number of aliphatic hydroxyl groups excluding tert-OH is 1. The van der Waals surface area contributed by atoms with E-state index in [9.17, 15) is 14.7 Å². The Kier molecular flexibility index (Phi) is 11.2. The highest BCUT2D eigenvalue weighted by molar-refractivity contribution is 5.83. The molecule has 3 N–H and O–H groups in total. The second kappa shape index (κ2) is 14.1. The number of aryl methyl sites for hydroxylation is 1. The van der Waals surface area contributed by atoms with Crippen LogP contribution >= 0.6 is 0 Å². The zero-order chi connectivity index (χ0) is 26.9. The Morgan fingerprint density at radius 3 is 2.54 bits per heavy atom. The molecule has 0 radical (unpaired) electrons. The SMILES string of the molecule is COCCCOc1cc(C)c(C)c(CN(C(=O)[C@H]2CNC[C@@H](C(=O)NC(CO)CC(C)C)C2)C2CC2)c1. The van der Waals surface area contributed by atoms with Gasteiger partial charge in [0.15, 0.2) is 0 Å². The third kappa shape index (κ3) is 8.69. The molecule has 1 aromatic carbocycles. The van der Waals surface area contributed by atoms with Crippen LogP contribution in [0.2, 0.25) is 0 Å². The van der Waals surface area contributed by atoms with E-state index in [0.717, 1.165) is 42.6 Å². The van der Waals surface area contributed by atoms with Gasteiger partial charge in [-0.2, -0.15) is 0 Å². The van der Waals surface area contributed by atoms with Gasteiger partial charge in [-0.05, 0) is 74.3 Å². The molecule has 1 aliphatic carbocycles. The minimum Gasteiger partial charge on any atom is -0.493 e. The number of hydrogen-bond acceptors (Lipinski definition) is 6. The van der Waals surface area contributed by atoms with Crippen LogP contribution in [-0.4, -0.2) is 73.9 Å². The number of carbonyl (C=O) groups excluding carboxylic acids is 2. The standard InChI is InChI=1S/C29H47N3O5/c1-19(2)11-25(18-33)31-28(34)22-13-23(16-30-15-22)29(35)32(26-7-8-26)17-24-14-27(12-20(3)21(24)4)37-10-6-9-36-5/h12,14,19,22-23,25-26,30,33H,6-11,13,15-18H2,1-5H3,(H,31,34)/t22-,23+,25?/m0/s1. The predicted molar refractivity (Wildman–Crippen MR) is 144 cm³/mol. The van der Waals surface area contributed by atoms with E-state index in [1.165, 1.54) is 5.56 Å². The fourth-order valence-electron chi connectivity index (χ4n) is 5.13. The minimum atomic E-state index is -0.280. The second-order valence-corrected chi connectivity index (χ2v) is 11.2. The Hall–Kier alpha value is -2.16. The first-order valence-electron chi connectivity index (χ1n) is 13.9. The minimum absolute atomic E-state index is 0.0736. The number of nitrogens with one attached hydrogen (secondary N) is 2. The molecular formula is C29H47N3O5. The summed E-state index contributed by atoms with van der Waals surface area (Å²) < 4.78 is 11.1. The zero-order valence-corrected chi connectivity index (χ0v) is 23.3. The second-order valence-electron chi connectivity index (χ2n) is 11.2. The molecule has 1 aromatic rings. The Labute approximate surface area is 222 Å². The summed E-state index contributed by atoms with van der Waals surface area (Å²) in [7, 11) is 1.69. The molecule has 8 heteroatoms. The molecular weight excluding hydrogens is 470 g/mol. The summed E-state index contributed by atoms with van der Waals surface area (Å²) in [4.78, 5) is 28.8. The van der Waals surface area contributed by atoms with Gasteiger partial charge in [-0.3, -0.25) is 9.59 Å². The molecule has 1 aliphatic heterocycles. The van der Waals surface area contributed by atoms with Crippen LogP contribution in [0.25, 0.3) is 0 Å². The quantitative estimate of drug-likeness (QED) is 0.328. The van der Waals surface area contributed by atoms with E-state index in [4.69, 9.17) is 9.47 Å². The van der Waals surface area contributed by atoms with E-state index in [1.54, 1.807) is 7.11 Å². The number of amides is 2. The number of piperidine rings is 1. The largest absolute Gasteiger partial charge is 0.493 e. The maximum absolute atomic E-state index is 13.8. The molecule has 2 amide bonds. The summed E-state index contributed by atoms with van der Waals surface area (Å²) in [6.07, 6.45) is 4.13. The first kappa shape index (κ1) is 29.4. The summed E-state index contributed by atoms with van der Waals surface area (Å²) in [6.45, 7) is 11.2. The van der Waals surface area contributed by atoms with Crippen LogP contribution in [0, 0.1) is 31.6 Å². The van der Waals surface area contributed by atoms with Gasteiger partial charge in [-0.25, -0.2) is 0 Å². The van der Waals surface area contributed by atoms with Gasteiger partial charge in [0.05, 0.1) is 31.1 Å². The molecule has 8 nitrogen and oxygen atoms in total. The fourth-order valence-corrected chi connectivity index (χ4v) is 5.13. The number of aliphatic hydroxyl groups is 1. The molecule has 208 valence electrons. The third-order valence-electron chi connectivity index (χ3n) is 7.51. The zero-order valence-electron chi connectivity index (χ0n) is 23.3. The van der Waals surface area contributed by atoms with Crippen LogP contribution in [0.1, 0.15) is 62.6 Å². The average Bonchev–Trinajstić information content (AvgIpc) is 3.72. The van der Waals surface area contributed by atoms with E-state index < -0.39 is 0 Å². The van der Waals surface area contributed by atoms with Crippen molar-refractivity contribution in [3.8, 4) is 5.75 Å². The van der Waals surface area contributed by atoms with Crippen LogP contribution in [0.3, 0.4) is 0 Å². The topological polar surface area (TPSA) is 100 Å². The predicted octanol–water partition coefficient (Wildman–Crippen LogP) is 2.96. The van der Waals surface area contributed by atoms with E-state index in [2.05, 4.69) is 50.5 Å². The Morgan fingerprint density at radius 1 is 1.16 bits per heavy atom. The summed E-state index contributed by atoms with van der Waals surface area (Å²) >= 11 is 0. The van der Waals surface area contributed by atoms with Gasteiger partial charge in [0.2, 0.25) is 11.8 Å². The summed E-state index contributed by atoms with van der Waals surface area (Å²) in [5.74, 6) is 0.734. The Bertz CT molecular complexity index is 902.